The van der Waals surface area contributed by atoms with Crippen molar-refractivity contribution >= 4 is 11.8 Å². The zero-order chi connectivity index (χ0) is 16.1. The SMILES string of the molecule is C[C@@H]1[C@H]2C[C@H](C[C@H]1OC(=O)c1cccnc1N(C)C)C2(C)C. The van der Waals surface area contributed by atoms with E-state index in [-0.39, 0.29) is 12.1 Å². The second-order valence-corrected chi connectivity index (χ2v) is 7.67. The Bertz CT molecular complexity index is 582. The molecule has 0 N–H and O–H groups in total. The predicted octanol–water partition coefficient (Wildman–Crippen LogP) is 3.38. The van der Waals surface area contributed by atoms with Crippen LogP contribution in [-0.2, 0) is 4.74 Å². The molecule has 1 heterocycles. The first kappa shape index (κ1) is 15.3. The van der Waals surface area contributed by atoms with E-state index in [1.54, 1.807) is 18.3 Å². The first-order valence-corrected chi connectivity index (χ1v) is 8.15. The van der Waals surface area contributed by atoms with Gasteiger partial charge in [-0.3, -0.25) is 0 Å². The smallest absolute Gasteiger partial charge is 0.342 e. The molecule has 4 heteroatoms. The van der Waals surface area contributed by atoms with Crippen molar-refractivity contribution in [1.29, 1.82) is 0 Å². The molecule has 0 amide bonds. The molecule has 3 saturated carbocycles. The van der Waals surface area contributed by atoms with Crippen LogP contribution < -0.4 is 4.90 Å². The minimum Gasteiger partial charge on any atom is -0.458 e. The number of esters is 1. The van der Waals surface area contributed by atoms with Crippen LogP contribution in [0.25, 0.3) is 0 Å². The van der Waals surface area contributed by atoms with Crippen LogP contribution in [0.2, 0.25) is 0 Å². The van der Waals surface area contributed by atoms with E-state index in [9.17, 15) is 4.79 Å². The normalized spacial score (nSPS) is 32.0. The minimum absolute atomic E-state index is 0.0412. The molecule has 0 saturated heterocycles. The molecule has 0 aromatic carbocycles. The van der Waals surface area contributed by atoms with Gasteiger partial charge in [0.2, 0.25) is 0 Å². The third kappa shape index (κ3) is 2.29. The summed E-state index contributed by atoms with van der Waals surface area (Å²) in [4.78, 5) is 18.7. The second-order valence-electron chi connectivity index (χ2n) is 7.67. The quantitative estimate of drug-likeness (QED) is 0.803. The Balaban J connectivity index is 1.74. The number of rotatable bonds is 3. The first-order valence-electron chi connectivity index (χ1n) is 8.15. The van der Waals surface area contributed by atoms with Crippen molar-refractivity contribution in [3.05, 3.63) is 23.9 Å². The molecule has 4 atom stereocenters. The number of pyridine rings is 1. The van der Waals surface area contributed by atoms with Crippen molar-refractivity contribution in [1.82, 2.24) is 4.98 Å². The van der Waals surface area contributed by atoms with Gasteiger partial charge in [0.1, 0.15) is 17.5 Å². The van der Waals surface area contributed by atoms with Gasteiger partial charge in [0.15, 0.2) is 0 Å². The summed E-state index contributed by atoms with van der Waals surface area (Å²) >= 11 is 0. The van der Waals surface area contributed by atoms with Crippen LogP contribution in [0.1, 0.15) is 44.0 Å². The fraction of sp³-hybridized carbons (Fsp3) is 0.667. The Morgan fingerprint density at radius 3 is 2.68 bits per heavy atom. The average molecular weight is 302 g/mol. The highest BCUT2D eigenvalue weighted by atomic mass is 16.5. The topological polar surface area (TPSA) is 42.4 Å². The van der Waals surface area contributed by atoms with E-state index in [1.165, 1.54) is 6.42 Å². The standard InChI is InChI=1S/C18H26N2O2/c1-11-14-9-12(18(14,2)3)10-15(11)22-17(21)13-7-6-8-19-16(13)20(4)5/h6-8,11-12,14-15H,9-10H2,1-5H3/t11-,12-,14-,15-/m1/s1. The molecular weight excluding hydrogens is 276 g/mol. The lowest BCUT2D eigenvalue weighted by Crippen LogP contribution is -2.57. The summed E-state index contributed by atoms with van der Waals surface area (Å²) in [5.74, 6) is 2.22. The molecule has 1 aromatic heterocycles. The Hall–Kier alpha value is -1.58. The maximum Gasteiger partial charge on any atom is 0.342 e. The van der Waals surface area contributed by atoms with Crippen molar-refractivity contribution in [2.45, 2.75) is 39.7 Å². The number of carbonyl (C=O) groups excluding carboxylic acids is 1. The average Bonchev–Trinajstić information content (AvgIpc) is 2.48. The molecule has 3 aliphatic carbocycles. The van der Waals surface area contributed by atoms with Gasteiger partial charge in [0.25, 0.3) is 0 Å². The third-order valence-corrected chi connectivity index (χ3v) is 5.97. The lowest BCUT2D eigenvalue weighted by molar-refractivity contribution is -0.156. The maximum atomic E-state index is 12.6. The molecule has 3 fully saturated rings. The highest BCUT2D eigenvalue weighted by Crippen LogP contribution is 2.61. The van der Waals surface area contributed by atoms with Gasteiger partial charge < -0.3 is 9.64 Å². The van der Waals surface area contributed by atoms with E-state index in [0.717, 1.165) is 6.42 Å². The van der Waals surface area contributed by atoms with Crippen LogP contribution in [0.15, 0.2) is 18.3 Å². The summed E-state index contributed by atoms with van der Waals surface area (Å²) in [5.41, 5.74) is 0.962. The van der Waals surface area contributed by atoms with Gasteiger partial charge in [-0.1, -0.05) is 20.8 Å². The Labute approximate surface area is 132 Å². The number of hydrogen-bond donors (Lipinski definition) is 0. The number of ether oxygens (including phenoxy) is 1. The summed E-state index contributed by atoms with van der Waals surface area (Å²) in [6, 6.07) is 3.58. The summed E-state index contributed by atoms with van der Waals surface area (Å²) in [6.07, 6.45) is 4.03. The van der Waals surface area contributed by atoms with E-state index < -0.39 is 0 Å². The number of nitrogens with zero attached hydrogens (tertiary/aromatic N) is 2. The van der Waals surface area contributed by atoms with Crippen LogP contribution in [0.4, 0.5) is 5.82 Å². The first-order chi connectivity index (χ1) is 10.3. The van der Waals surface area contributed by atoms with E-state index in [4.69, 9.17) is 4.74 Å². The number of aromatic nitrogens is 1. The van der Waals surface area contributed by atoms with Gasteiger partial charge in [-0.15, -0.1) is 0 Å². The molecular formula is C18H26N2O2. The maximum absolute atomic E-state index is 12.6. The Morgan fingerprint density at radius 2 is 2.09 bits per heavy atom. The molecule has 0 unspecified atom stereocenters. The predicted molar refractivity (Wildman–Crippen MR) is 86.9 cm³/mol. The Morgan fingerprint density at radius 1 is 1.36 bits per heavy atom. The van der Waals surface area contributed by atoms with Gasteiger partial charge in [0.05, 0.1) is 0 Å². The van der Waals surface area contributed by atoms with Crippen LogP contribution in [0.5, 0.6) is 0 Å². The van der Waals surface area contributed by atoms with E-state index in [1.807, 2.05) is 19.0 Å². The molecule has 0 radical (unpaired) electrons. The van der Waals surface area contributed by atoms with Crippen LogP contribution in [0.3, 0.4) is 0 Å². The third-order valence-electron chi connectivity index (χ3n) is 5.97. The zero-order valence-corrected chi connectivity index (χ0v) is 14.2. The van der Waals surface area contributed by atoms with Gasteiger partial charge in [-0.25, -0.2) is 9.78 Å². The van der Waals surface area contributed by atoms with E-state index >= 15 is 0 Å². The van der Waals surface area contributed by atoms with Crippen LogP contribution in [-0.4, -0.2) is 31.2 Å². The highest BCUT2D eigenvalue weighted by molar-refractivity contribution is 5.94. The number of anilines is 1. The Kier molecular flexibility index (Phi) is 3.66. The minimum atomic E-state index is -0.243. The fourth-order valence-electron chi connectivity index (χ4n) is 4.37. The summed E-state index contributed by atoms with van der Waals surface area (Å²) in [5, 5.41) is 0. The molecule has 3 aliphatic rings. The number of fused-ring (bicyclic) bond motifs is 2. The van der Waals surface area contributed by atoms with Gasteiger partial charge in [-0.05, 0) is 48.1 Å². The van der Waals surface area contributed by atoms with Gasteiger partial charge in [-0.2, -0.15) is 0 Å². The molecule has 2 bridgehead atoms. The molecule has 22 heavy (non-hydrogen) atoms. The summed E-state index contributed by atoms with van der Waals surface area (Å²) in [6.45, 7) is 6.94. The van der Waals surface area contributed by atoms with Crippen LogP contribution >= 0.6 is 0 Å². The van der Waals surface area contributed by atoms with Crippen LogP contribution in [0, 0.1) is 23.2 Å². The highest BCUT2D eigenvalue weighted by Gasteiger charge is 2.57. The monoisotopic (exact) mass is 302 g/mol. The number of hydrogen-bond acceptors (Lipinski definition) is 4. The van der Waals surface area contributed by atoms with E-state index in [0.29, 0.717) is 34.6 Å². The lowest BCUT2D eigenvalue weighted by Gasteiger charge is -2.61. The largest absolute Gasteiger partial charge is 0.458 e. The van der Waals surface area contributed by atoms with Crippen molar-refractivity contribution in [3.63, 3.8) is 0 Å². The molecule has 120 valence electrons. The van der Waals surface area contributed by atoms with Crippen molar-refractivity contribution in [3.8, 4) is 0 Å². The number of carbonyl (C=O) groups is 1. The second kappa shape index (κ2) is 5.25. The van der Waals surface area contributed by atoms with Crippen molar-refractivity contribution in [2.75, 3.05) is 19.0 Å². The zero-order valence-electron chi connectivity index (χ0n) is 14.2. The molecule has 4 nitrogen and oxygen atoms in total. The molecule has 4 rings (SSSR count). The van der Waals surface area contributed by atoms with E-state index in [2.05, 4.69) is 25.8 Å². The van der Waals surface area contributed by atoms with Gasteiger partial charge >= 0.3 is 5.97 Å². The lowest BCUT2D eigenvalue weighted by atomic mass is 9.45. The fourth-order valence-corrected chi connectivity index (χ4v) is 4.37. The summed E-state index contributed by atoms with van der Waals surface area (Å²) < 4.78 is 5.87. The van der Waals surface area contributed by atoms with Gasteiger partial charge in [0, 0.05) is 20.3 Å². The molecule has 0 spiro atoms. The van der Waals surface area contributed by atoms with Crippen molar-refractivity contribution < 1.29 is 9.53 Å². The molecule has 0 aliphatic heterocycles. The summed E-state index contributed by atoms with van der Waals surface area (Å²) in [7, 11) is 3.78. The van der Waals surface area contributed by atoms with Crippen molar-refractivity contribution in [2.24, 2.45) is 23.2 Å². The molecule has 1 aromatic rings.